The van der Waals surface area contributed by atoms with Crippen LogP contribution in [0.2, 0.25) is 0 Å². The van der Waals surface area contributed by atoms with Crippen LogP contribution in [-0.2, 0) is 11.3 Å². The molecule has 5 heterocycles. The van der Waals surface area contributed by atoms with Gasteiger partial charge in [0.05, 0.1) is 40.9 Å². The Labute approximate surface area is 212 Å². The van der Waals surface area contributed by atoms with E-state index in [1.54, 1.807) is 6.20 Å². The normalized spacial score (nSPS) is 26.7. The molecule has 0 amide bonds. The second-order valence-corrected chi connectivity index (χ2v) is 10.4. The number of hydrogen-bond donors (Lipinski definition) is 1. The van der Waals surface area contributed by atoms with Crippen LogP contribution in [0.4, 0.5) is 11.4 Å². The molecular formula is C28H33N7O. The summed E-state index contributed by atoms with van der Waals surface area (Å²) >= 11 is 0. The summed E-state index contributed by atoms with van der Waals surface area (Å²) in [6.45, 7) is 10.9. The minimum Gasteiger partial charge on any atom is -0.369 e. The molecule has 8 nitrogen and oxygen atoms in total. The minimum atomic E-state index is 0.263. The van der Waals surface area contributed by atoms with Crippen LogP contribution >= 0.6 is 0 Å². The van der Waals surface area contributed by atoms with Crippen molar-refractivity contribution in [3.63, 3.8) is 0 Å². The molecule has 2 aromatic heterocycles. The molecule has 3 aliphatic heterocycles. The first-order valence-corrected chi connectivity index (χ1v) is 12.9. The summed E-state index contributed by atoms with van der Waals surface area (Å²) < 4.78 is 6.04. The molecule has 0 aliphatic carbocycles. The lowest BCUT2D eigenvalue weighted by Gasteiger charge is -2.45. The largest absolute Gasteiger partial charge is 0.369 e. The fourth-order valence-corrected chi connectivity index (χ4v) is 6.04. The molecule has 186 valence electrons. The van der Waals surface area contributed by atoms with Gasteiger partial charge in [-0.2, -0.15) is 5.26 Å². The van der Waals surface area contributed by atoms with E-state index in [1.165, 1.54) is 5.69 Å². The highest BCUT2D eigenvalue weighted by atomic mass is 16.5. The highest BCUT2D eigenvalue weighted by Crippen LogP contribution is 2.31. The van der Waals surface area contributed by atoms with Gasteiger partial charge < -0.3 is 19.9 Å². The number of pyridine rings is 2. The SMILES string of the molecule is C[C@@H]1CN(c2ccc(C#N)c3ncccc23)C[C@H](C)N1Cc1ccc(N2CC3CNCC(C2)O3)cn1. The molecule has 3 aromatic rings. The summed E-state index contributed by atoms with van der Waals surface area (Å²) in [5, 5.41) is 14.0. The monoisotopic (exact) mass is 483 g/mol. The number of anilines is 2. The lowest BCUT2D eigenvalue weighted by atomic mass is 10.0. The lowest BCUT2D eigenvalue weighted by molar-refractivity contribution is -0.0484. The molecule has 3 saturated heterocycles. The highest BCUT2D eigenvalue weighted by Gasteiger charge is 2.32. The summed E-state index contributed by atoms with van der Waals surface area (Å²) in [6.07, 6.45) is 4.32. The third-order valence-electron chi connectivity index (χ3n) is 7.81. The van der Waals surface area contributed by atoms with Crippen molar-refractivity contribution in [3.05, 3.63) is 60.0 Å². The second-order valence-electron chi connectivity index (χ2n) is 10.4. The number of nitriles is 1. The molecule has 1 aromatic carbocycles. The van der Waals surface area contributed by atoms with Crippen molar-refractivity contribution in [1.82, 2.24) is 20.2 Å². The Morgan fingerprint density at radius 2 is 1.75 bits per heavy atom. The molecule has 3 aliphatic rings. The Hall–Kier alpha value is -3.25. The van der Waals surface area contributed by atoms with E-state index >= 15 is 0 Å². The maximum atomic E-state index is 9.50. The molecule has 0 radical (unpaired) electrons. The number of rotatable bonds is 4. The van der Waals surface area contributed by atoms with Gasteiger partial charge in [-0.1, -0.05) is 0 Å². The predicted octanol–water partition coefficient (Wildman–Crippen LogP) is 2.78. The number of benzene rings is 1. The Balaban J connectivity index is 1.14. The Bertz CT molecular complexity index is 1250. The summed E-state index contributed by atoms with van der Waals surface area (Å²) in [5.74, 6) is 0. The van der Waals surface area contributed by atoms with Gasteiger partial charge >= 0.3 is 0 Å². The molecule has 6 rings (SSSR count). The third-order valence-corrected chi connectivity index (χ3v) is 7.81. The number of nitrogens with zero attached hydrogens (tertiary/aromatic N) is 6. The van der Waals surface area contributed by atoms with Crippen molar-refractivity contribution in [3.8, 4) is 6.07 Å². The standard InChI is InChI=1S/C28H33N7O/c1-19-14-34(27-8-5-21(10-29)28-26(27)4-3-9-31-28)15-20(2)35(19)16-22-6-7-23(11-32-22)33-17-24-12-30-13-25(18-33)36-24/h3-9,11,19-20,24-25,30H,12-18H2,1-2H3/t19-,20+,24?,25?. The molecule has 36 heavy (non-hydrogen) atoms. The average molecular weight is 484 g/mol. The maximum absolute atomic E-state index is 9.50. The van der Waals surface area contributed by atoms with Gasteiger partial charge in [-0.25, -0.2) is 0 Å². The van der Waals surface area contributed by atoms with Gasteiger partial charge in [0, 0.05) is 75.2 Å². The van der Waals surface area contributed by atoms with E-state index < -0.39 is 0 Å². The fraction of sp³-hybridized carbons (Fsp3) is 0.464. The average Bonchev–Trinajstić information content (AvgIpc) is 2.90. The minimum absolute atomic E-state index is 0.263. The predicted molar refractivity (Wildman–Crippen MR) is 141 cm³/mol. The van der Waals surface area contributed by atoms with Crippen molar-refractivity contribution in [1.29, 1.82) is 5.26 Å². The van der Waals surface area contributed by atoms with Crippen LogP contribution in [0.3, 0.4) is 0 Å². The maximum Gasteiger partial charge on any atom is 0.101 e. The molecule has 2 bridgehead atoms. The zero-order valence-electron chi connectivity index (χ0n) is 21.0. The van der Waals surface area contributed by atoms with E-state index in [0.29, 0.717) is 17.6 Å². The van der Waals surface area contributed by atoms with Crippen LogP contribution in [-0.4, -0.2) is 78.4 Å². The first-order valence-electron chi connectivity index (χ1n) is 12.9. The van der Waals surface area contributed by atoms with Gasteiger partial charge in [0.2, 0.25) is 0 Å². The molecule has 3 fully saturated rings. The van der Waals surface area contributed by atoms with Crippen LogP contribution in [0.5, 0.6) is 0 Å². The number of nitrogens with one attached hydrogen (secondary N) is 1. The highest BCUT2D eigenvalue weighted by molar-refractivity contribution is 5.95. The Morgan fingerprint density at radius 1 is 0.972 bits per heavy atom. The first-order chi connectivity index (χ1) is 17.6. The molecule has 4 atom stereocenters. The summed E-state index contributed by atoms with van der Waals surface area (Å²) in [6, 6.07) is 15.4. The molecule has 2 unspecified atom stereocenters. The quantitative estimate of drug-likeness (QED) is 0.607. The third kappa shape index (κ3) is 4.39. The first kappa shape index (κ1) is 23.2. The Morgan fingerprint density at radius 3 is 2.44 bits per heavy atom. The van der Waals surface area contributed by atoms with Gasteiger partial charge in [0.15, 0.2) is 0 Å². The molecule has 0 spiro atoms. The van der Waals surface area contributed by atoms with Gasteiger partial charge in [-0.15, -0.1) is 0 Å². The molecular weight excluding hydrogens is 450 g/mol. The van der Waals surface area contributed by atoms with Gasteiger partial charge in [-0.05, 0) is 50.2 Å². The van der Waals surface area contributed by atoms with Crippen molar-refractivity contribution >= 4 is 22.3 Å². The number of fused-ring (bicyclic) bond motifs is 3. The zero-order chi connectivity index (χ0) is 24.6. The van der Waals surface area contributed by atoms with Crippen molar-refractivity contribution in [2.24, 2.45) is 0 Å². The molecule has 1 N–H and O–H groups in total. The number of hydrogen-bond acceptors (Lipinski definition) is 8. The van der Waals surface area contributed by atoms with Gasteiger partial charge in [0.25, 0.3) is 0 Å². The van der Waals surface area contributed by atoms with Crippen LogP contribution in [0.25, 0.3) is 10.9 Å². The molecule has 8 heteroatoms. The summed E-state index contributed by atoms with van der Waals surface area (Å²) in [7, 11) is 0. The lowest BCUT2D eigenvalue weighted by Crippen LogP contribution is -2.58. The molecule has 0 saturated carbocycles. The number of ether oxygens (including phenoxy) is 1. The van der Waals surface area contributed by atoms with Crippen molar-refractivity contribution in [2.75, 3.05) is 49.1 Å². The van der Waals surface area contributed by atoms with E-state index in [0.717, 1.165) is 68.1 Å². The van der Waals surface area contributed by atoms with Crippen LogP contribution in [0.1, 0.15) is 25.1 Å². The number of aromatic nitrogens is 2. The topological polar surface area (TPSA) is 80.6 Å². The second kappa shape index (κ2) is 9.66. The Kier molecular flexibility index (Phi) is 6.22. The number of piperazine rings is 1. The van der Waals surface area contributed by atoms with Gasteiger partial charge in [-0.3, -0.25) is 14.9 Å². The van der Waals surface area contributed by atoms with Crippen molar-refractivity contribution in [2.45, 2.75) is 44.7 Å². The van der Waals surface area contributed by atoms with Crippen LogP contribution in [0.15, 0.2) is 48.8 Å². The van der Waals surface area contributed by atoms with E-state index in [9.17, 15) is 5.26 Å². The van der Waals surface area contributed by atoms with Crippen molar-refractivity contribution < 1.29 is 4.74 Å². The van der Waals surface area contributed by atoms with E-state index in [4.69, 9.17) is 9.72 Å². The number of morpholine rings is 2. The van der Waals surface area contributed by atoms with E-state index in [2.05, 4.69) is 69.2 Å². The summed E-state index contributed by atoms with van der Waals surface area (Å²) in [4.78, 5) is 16.8. The van der Waals surface area contributed by atoms with E-state index in [1.807, 2.05) is 18.3 Å². The van der Waals surface area contributed by atoms with Crippen LogP contribution < -0.4 is 15.1 Å². The fourth-order valence-electron chi connectivity index (χ4n) is 6.04. The van der Waals surface area contributed by atoms with Crippen LogP contribution in [0, 0.1) is 11.3 Å². The smallest absolute Gasteiger partial charge is 0.101 e. The van der Waals surface area contributed by atoms with Gasteiger partial charge in [0.1, 0.15) is 6.07 Å². The zero-order valence-corrected chi connectivity index (χ0v) is 21.0. The van der Waals surface area contributed by atoms with E-state index in [-0.39, 0.29) is 12.2 Å². The summed E-state index contributed by atoms with van der Waals surface area (Å²) in [5.41, 5.74) is 4.86.